The lowest BCUT2D eigenvalue weighted by Crippen LogP contribution is -2.57. The van der Waals surface area contributed by atoms with E-state index in [4.69, 9.17) is 0 Å². The summed E-state index contributed by atoms with van der Waals surface area (Å²) in [7, 11) is 0. The van der Waals surface area contributed by atoms with Crippen LogP contribution in [0.3, 0.4) is 0 Å². The van der Waals surface area contributed by atoms with Crippen LogP contribution in [0, 0.1) is 34.5 Å². The second-order valence-corrected chi connectivity index (χ2v) is 8.99. The molecule has 7 atom stereocenters. The number of ketones is 2. The molecule has 3 nitrogen and oxygen atoms in total. The molecular formula is C19H28O3. The number of Topliss-reactive ketones (excluding diaryl/α,β-unsaturated/α-hetero) is 2. The zero-order chi connectivity index (χ0) is 15.7. The molecule has 0 aromatic rings. The number of carbonyl (C=O) groups is 2. The van der Waals surface area contributed by atoms with Crippen molar-refractivity contribution in [1.29, 1.82) is 0 Å². The molecule has 22 heavy (non-hydrogen) atoms. The van der Waals surface area contributed by atoms with Crippen molar-refractivity contribution in [2.45, 2.75) is 71.3 Å². The molecule has 1 unspecified atom stereocenters. The first kappa shape index (κ1) is 14.9. The van der Waals surface area contributed by atoms with Crippen LogP contribution in [0.5, 0.6) is 0 Å². The van der Waals surface area contributed by atoms with Crippen molar-refractivity contribution in [1.82, 2.24) is 0 Å². The fourth-order valence-electron chi connectivity index (χ4n) is 6.81. The van der Waals surface area contributed by atoms with Crippen LogP contribution < -0.4 is 0 Å². The number of carbonyl (C=O) groups excluding carboxylic acids is 2. The highest BCUT2D eigenvalue weighted by atomic mass is 16.3. The largest absolute Gasteiger partial charge is 0.393 e. The molecule has 4 aliphatic rings. The number of hydrogen-bond donors (Lipinski definition) is 1. The molecular weight excluding hydrogens is 276 g/mol. The molecule has 0 radical (unpaired) electrons. The summed E-state index contributed by atoms with van der Waals surface area (Å²) in [6.45, 7) is 4.53. The lowest BCUT2D eigenvalue weighted by Gasteiger charge is -2.59. The maximum Gasteiger partial charge on any atom is 0.137 e. The Morgan fingerprint density at radius 2 is 1.68 bits per heavy atom. The molecule has 3 heteroatoms. The van der Waals surface area contributed by atoms with Gasteiger partial charge >= 0.3 is 0 Å². The van der Waals surface area contributed by atoms with E-state index in [1.165, 1.54) is 0 Å². The van der Waals surface area contributed by atoms with Crippen LogP contribution in [0.25, 0.3) is 0 Å². The van der Waals surface area contributed by atoms with Crippen molar-refractivity contribution >= 4 is 11.6 Å². The van der Waals surface area contributed by atoms with Gasteiger partial charge in [-0.2, -0.15) is 0 Å². The van der Waals surface area contributed by atoms with Crippen LogP contribution in [-0.2, 0) is 9.59 Å². The van der Waals surface area contributed by atoms with Crippen molar-refractivity contribution in [3.05, 3.63) is 0 Å². The summed E-state index contributed by atoms with van der Waals surface area (Å²) in [6.07, 6.45) is 6.71. The van der Waals surface area contributed by atoms with E-state index in [9.17, 15) is 14.7 Å². The Morgan fingerprint density at radius 1 is 0.955 bits per heavy atom. The molecule has 1 N–H and O–H groups in total. The molecule has 4 aliphatic carbocycles. The van der Waals surface area contributed by atoms with E-state index in [-0.39, 0.29) is 28.6 Å². The number of hydrogen-bond acceptors (Lipinski definition) is 3. The van der Waals surface area contributed by atoms with E-state index >= 15 is 0 Å². The van der Waals surface area contributed by atoms with Gasteiger partial charge in [0.25, 0.3) is 0 Å². The van der Waals surface area contributed by atoms with E-state index < -0.39 is 0 Å². The lowest BCUT2D eigenvalue weighted by molar-refractivity contribution is -0.160. The maximum atomic E-state index is 12.8. The smallest absolute Gasteiger partial charge is 0.137 e. The van der Waals surface area contributed by atoms with Gasteiger partial charge in [0.1, 0.15) is 11.6 Å². The molecule has 122 valence electrons. The topological polar surface area (TPSA) is 54.4 Å². The van der Waals surface area contributed by atoms with Crippen molar-refractivity contribution in [2.75, 3.05) is 0 Å². The van der Waals surface area contributed by atoms with Gasteiger partial charge in [0.05, 0.1) is 6.10 Å². The van der Waals surface area contributed by atoms with Crippen molar-refractivity contribution < 1.29 is 14.7 Å². The number of rotatable bonds is 0. The summed E-state index contributed by atoms with van der Waals surface area (Å²) >= 11 is 0. The van der Waals surface area contributed by atoms with Gasteiger partial charge in [-0.25, -0.2) is 0 Å². The molecule has 0 spiro atoms. The predicted molar refractivity (Wildman–Crippen MR) is 83.1 cm³/mol. The first-order chi connectivity index (χ1) is 10.4. The Hall–Kier alpha value is -0.700. The second-order valence-electron chi connectivity index (χ2n) is 8.99. The summed E-state index contributed by atoms with van der Waals surface area (Å²) in [5, 5.41) is 10.4. The number of fused-ring (bicyclic) bond motifs is 5. The molecule has 0 amide bonds. The zero-order valence-electron chi connectivity index (χ0n) is 13.8. The van der Waals surface area contributed by atoms with E-state index in [0.717, 1.165) is 32.1 Å². The first-order valence-electron chi connectivity index (χ1n) is 9.09. The standard InChI is InChI=1S/C19H28O3/c1-18-7-5-11(20)9-15(18)16(21)10-12-13-3-4-17(22)19(13,2)8-6-14(12)18/h12-15,17,22H,3-10H2,1-2H3/t12-,13-,14-,15+,17-,18+,19?/m0/s1. The highest BCUT2D eigenvalue weighted by Gasteiger charge is 2.62. The Kier molecular flexibility index (Phi) is 3.15. The maximum absolute atomic E-state index is 12.8. The quantitative estimate of drug-likeness (QED) is 0.748. The molecule has 0 aromatic heterocycles. The van der Waals surface area contributed by atoms with Gasteiger partial charge in [0.15, 0.2) is 0 Å². The van der Waals surface area contributed by atoms with Gasteiger partial charge in [0, 0.05) is 25.2 Å². The Morgan fingerprint density at radius 3 is 2.45 bits per heavy atom. The fourth-order valence-corrected chi connectivity index (χ4v) is 6.81. The molecule has 0 heterocycles. The third-order valence-electron chi connectivity index (χ3n) is 8.23. The van der Waals surface area contributed by atoms with Crippen LogP contribution in [0.1, 0.15) is 65.2 Å². The van der Waals surface area contributed by atoms with Gasteiger partial charge in [-0.05, 0) is 60.7 Å². The Bertz CT molecular complexity index is 527. The van der Waals surface area contributed by atoms with Crippen LogP contribution in [0.4, 0.5) is 0 Å². The van der Waals surface area contributed by atoms with E-state index in [1.54, 1.807) is 0 Å². The molecule has 0 aromatic carbocycles. The highest BCUT2D eigenvalue weighted by Crippen LogP contribution is 2.65. The van der Waals surface area contributed by atoms with Gasteiger partial charge in [-0.15, -0.1) is 0 Å². The van der Waals surface area contributed by atoms with Gasteiger partial charge in [0.2, 0.25) is 0 Å². The summed E-state index contributed by atoms with van der Waals surface area (Å²) in [4.78, 5) is 24.7. The van der Waals surface area contributed by atoms with Crippen LogP contribution in [-0.4, -0.2) is 22.8 Å². The Balaban J connectivity index is 1.69. The number of aliphatic hydroxyl groups is 1. The van der Waals surface area contributed by atoms with Gasteiger partial charge in [-0.3, -0.25) is 9.59 Å². The average Bonchev–Trinajstić information content (AvgIpc) is 2.77. The van der Waals surface area contributed by atoms with Gasteiger partial charge in [-0.1, -0.05) is 13.8 Å². The van der Waals surface area contributed by atoms with Crippen LogP contribution in [0.2, 0.25) is 0 Å². The van der Waals surface area contributed by atoms with Crippen molar-refractivity contribution in [3.8, 4) is 0 Å². The first-order valence-corrected chi connectivity index (χ1v) is 9.09. The van der Waals surface area contributed by atoms with Crippen molar-refractivity contribution in [3.63, 3.8) is 0 Å². The summed E-state index contributed by atoms with van der Waals surface area (Å²) in [5.74, 6) is 2.12. The molecule has 0 aliphatic heterocycles. The van der Waals surface area contributed by atoms with E-state index in [2.05, 4.69) is 13.8 Å². The number of aliphatic hydroxyl groups excluding tert-OH is 1. The normalized spacial score (nSPS) is 54.6. The predicted octanol–water partition coefficient (Wildman–Crippen LogP) is 3.14. The third-order valence-corrected chi connectivity index (χ3v) is 8.23. The summed E-state index contributed by atoms with van der Waals surface area (Å²) in [6, 6.07) is 0. The van der Waals surface area contributed by atoms with E-state index in [0.29, 0.717) is 42.8 Å². The monoisotopic (exact) mass is 304 g/mol. The molecule has 0 saturated heterocycles. The average molecular weight is 304 g/mol. The van der Waals surface area contributed by atoms with E-state index in [1.807, 2.05) is 0 Å². The highest BCUT2D eigenvalue weighted by molar-refractivity contribution is 5.90. The fraction of sp³-hybridized carbons (Fsp3) is 0.895. The van der Waals surface area contributed by atoms with Crippen LogP contribution >= 0.6 is 0 Å². The molecule has 4 saturated carbocycles. The van der Waals surface area contributed by atoms with Crippen molar-refractivity contribution in [2.24, 2.45) is 34.5 Å². The van der Waals surface area contributed by atoms with Crippen LogP contribution in [0.15, 0.2) is 0 Å². The summed E-state index contributed by atoms with van der Waals surface area (Å²) in [5.41, 5.74) is 0.0535. The minimum Gasteiger partial charge on any atom is -0.393 e. The minimum atomic E-state index is -0.188. The zero-order valence-corrected chi connectivity index (χ0v) is 13.8. The lowest BCUT2D eigenvalue weighted by atomic mass is 9.45. The molecule has 4 rings (SSSR count). The third kappa shape index (κ3) is 1.78. The molecule has 0 bridgehead atoms. The Labute approximate surface area is 132 Å². The minimum absolute atomic E-state index is 0.0225. The second kappa shape index (κ2) is 4.66. The SMILES string of the molecule is CC12CC[C@H]3[C@@H](CC(=O)[C@H]4CC(=O)CC[C@@]43C)[C@@H]1CC[C@@H]2O. The summed E-state index contributed by atoms with van der Waals surface area (Å²) < 4.78 is 0. The van der Waals surface area contributed by atoms with Gasteiger partial charge < -0.3 is 5.11 Å². The molecule has 4 fully saturated rings.